The number of amides is 4. The number of halogens is 6. The van der Waals surface area contributed by atoms with Crippen LogP contribution in [0.3, 0.4) is 0 Å². The van der Waals surface area contributed by atoms with Crippen molar-refractivity contribution in [3.05, 3.63) is 137 Å². The summed E-state index contributed by atoms with van der Waals surface area (Å²) in [6.45, 7) is 0.0981. The highest BCUT2D eigenvalue weighted by Gasteiger charge is 2.29. The standard InChI is InChI=1S/C29H17Cl6N3O4/c30-20-7-1-4-17(23(20)33)26(39)36-14-15-10-12-16(13-11-15)28(41)38(29(42)19-6-3-9-22(32)25(19)35)37-27(40)18-5-2-8-21(31)24(18)34/h1-13H,14H2,(H,36,39)(H,37,40). The zero-order valence-corrected chi connectivity index (χ0v) is 25.6. The maximum Gasteiger partial charge on any atom is 0.281 e. The first-order valence-corrected chi connectivity index (χ1v) is 14.1. The van der Waals surface area contributed by atoms with E-state index >= 15 is 0 Å². The molecule has 7 nitrogen and oxygen atoms in total. The average Bonchev–Trinajstić information content (AvgIpc) is 2.98. The van der Waals surface area contributed by atoms with Crippen molar-refractivity contribution in [2.75, 3.05) is 0 Å². The minimum atomic E-state index is -0.950. The van der Waals surface area contributed by atoms with Crippen LogP contribution in [-0.2, 0) is 6.54 Å². The molecule has 42 heavy (non-hydrogen) atoms. The summed E-state index contributed by atoms with van der Waals surface area (Å²) in [5, 5.41) is 3.61. The molecule has 4 amide bonds. The topological polar surface area (TPSA) is 95.6 Å². The van der Waals surface area contributed by atoms with Gasteiger partial charge in [-0.2, -0.15) is 5.01 Å². The molecule has 214 valence electrons. The van der Waals surface area contributed by atoms with E-state index in [0.717, 1.165) is 0 Å². The summed E-state index contributed by atoms with van der Waals surface area (Å²) in [6, 6.07) is 19.3. The molecule has 0 aliphatic carbocycles. The molecule has 0 radical (unpaired) electrons. The SMILES string of the molecule is O=C(NCc1ccc(C(=O)N(NC(=O)c2cccc(Cl)c2Cl)C(=O)c2cccc(Cl)c2Cl)cc1)c1cccc(Cl)c1Cl. The lowest BCUT2D eigenvalue weighted by Gasteiger charge is -2.23. The van der Waals surface area contributed by atoms with E-state index in [2.05, 4.69) is 10.7 Å². The molecule has 0 fully saturated rings. The Morgan fingerprint density at radius 2 is 1.00 bits per heavy atom. The van der Waals surface area contributed by atoms with Gasteiger partial charge in [-0.25, -0.2) is 0 Å². The Kier molecular flexibility index (Phi) is 10.4. The van der Waals surface area contributed by atoms with Gasteiger partial charge in [0.25, 0.3) is 23.6 Å². The molecule has 2 N–H and O–H groups in total. The Bertz CT molecular complexity index is 1710. The number of hydrogen-bond donors (Lipinski definition) is 2. The van der Waals surface area contributed by atoms with E-state index in [1.807, 2.05) is 0 Å². The van der Waals surface area contributed by atoms with E-state index in [1.165, 1.54) is 54.6 Å². The van der Waals surface area contributed by atoms with Gasteiger partial charge >= 0.3 is 0 Å². The number of carbonyl (C=O) groups is 4. The highest BCUT2D eigenvalue weighted by Crippen LogP contribution is 2.28. The quantitative estimate of drug-likeness (QED) is 0.158. The Labute approximate surface area is 270 Å². The number of benzene rings is 4. The van der Waals surface area contributed by atoms with E-state index in [4.69, 9.17) is 69.6 Å². The van der Waals surface area contributed by atoms with Crippen LogP contribution in [0.2, 0.25) is 30.1 Å². The third-order valence-electron chi connectivity index (χ3n) is 5.85. The Balaban J connectivity index is 1.58. The Morgan fingerprint density at radius 3 is 1.52 bits per heavy atom. The maximum absolute atomic E-state index is 13.6. The van der Waals surface area contributed by atoms with Crippen LogP contribution in [0.4, 0.5) is 0 Å². The van der Waals surface area contributed by atoms with Crippen molar-refractivity contribution in [3.63, 3.8) is 0 Å². The molecule has 0 bridgehead atoms. The van der Waals surface area contributed by atoms with Crippen LogP contribution in [0.1, 0.15) is 47.0 Å². The molecule has 4 aromatic carbocycles. The van der Waals surface area contributed by atoms with Crippen LogP contribution in [0.25, 0.3) is 0 Å². The second kappa shape index (κ2) is 13.8. The molecule has 0 saturated carbocycles. The first-order chi connectivity index (χ1) is 20.0. The van der Waals surface area contributed by atoms with Crippen molar-refractivity contribution in [3.8, 4) is 0 Å². The number of nitrogens with one attached hydrogen (secondary N) is 2. The Hall–Kier alpha value is -3.30. The van der Waals surface area contributed by atoms with E-state index < -0.39 is 23.6 Å². The van der Waals surface area contributed by atoms with Gasteiger partial charge in [-0.1, -0.05) is 99.9 Å². The maximum atomic E-state index is 13.6. The summed E-state index contributed by atoms with van der Waals surface area (Å²) in [5.41, 5.74) is 2.97. The van der Waals surface area contributed by atoms with Gasteiger partial charge in [0.1, 0.15) is 0 Å². The molecule has 0 spiro atoms. The molecule has 0 aliphatic heterocycles. The minimum absolute atomic E-state index is 0.0342. The lowest BCUT2D eigenvalue weighted by atomic mass is 10.1. The molecule has 0 heterocycles. The van der Waals surface area contributed by atoms with Crippen molar-refractivity contribution in [2.24, 2.45) is 0 Å². The molecule has 0 aromatic heterocycles. The molecule has 0 aliphatic rings. The van der Waals surface area contributed by atoms with E-state index in [-0.39, 0.29) is 58.9 Å². The van der Waals surface area contributed by atoms with Crippen molar-refractivity contribution >= 4 is 93.2 Å². The summed E-state index contributed by atoms with van der Waals surface area (Å²) in [7, 11) is 0. The molecule has 0 saturated heterocycles. The monoisotopic (exact) mass is 681 g/mol. The van der Waals surface area contributed by atoms with Gasteiger partial charge < -0.3 is 5.32 Å². The fraction of sp³-hybridized carbons (Fsp3) is 0.0345. The van der Waals surface area contributed by atoms with Crippen LogP contribution in [0.5, 0.6) is 0 Å². The number of hydrogen-bond acceptors (Lipinski definition) is 4. The van der Waals surface area contributed by atoms with Gasteiger partial charge in [-0.3, -0.25) is 24.6 Å². The highest BCUT2D eigenvalue weighted by molar-refractivity contribution is 6.45. The third-order valence-corrected chi connectivity index (χ3v) is 8.30. The zero-order valence-electron chi connectivity index (χ0n) is 21.1. The summed E-state index contributed by atoms with van der Waals surface area (Å²) >= 11 is 36.6. The fourth-order valence-corrected chi connectivity index (χ4v) is 4.83. The molecule has 13 heteroatoms. The van der Waals surface area contributed by atoms with Gasteiger partial charge in [0, 0.05) is 12.1 Å². The van der Waals surface area contributed by atoms with Gasteiger partial charge in [0.05, 0.1) is 46.8 Å². The molecular formula is C29H17Cl6N3O4. The van der Waals surface area contributed by atoms with Crippen LogP contribution in [0.15, 0.2) is 78.9 Å². The Morgan fingerprint density at radius 1 is 0.548 bits per heavy atom. The molecular weight excluding hydrogens is 667 g/mol. The first-order valence-electron chi connectivity index (χ1n) is 11.9. The zero-order chi connectivity index (χ0) is 30.6. The summed E-state index contributed by atoms with van der Waals surface area (Å²) in [6.07, 6.45) is 0. The van der Waals surface area contributed by atoms with Gasteiger partial charge in [0.15, 0.2) is 0 Å². The minimum Gasteiger partial charge on any atom is -0.348 e. The smallest absolute Gasteiger partial charge is 0.281 e. The van der Waals surface area contributed by atoms with E-state index in [9.17, 15) is 19.2 Å². The fourth-order valence-electron chi connectivity index (χ4n) is 3.68. The number of imide groups is 1. The molecule has 4 aromatic rings. The predicted octanol–water partition coefficient (Wildman–Crippen LogP) is 8.16. The second-order valence-electron chi connectivity index (χ2n) is 8.57. The van der Waals surface area contributed by atoms with E-state index in [1.54, 1.807) is 24.3 Å². The van der Waals surface area contributed by atoms with Gasteiger partial charge in [-0.15, -0.1) is 0 Å². The van der Waals surface area contributed by atoms with E-state index in [0.29, 0.717) is 10.6 Å². The second-order valence-corrected chi connectivity index (χ2v) is 10.9. The van der Waals surface area contributed by atoms with Crippen LogP contribution >= 0.6 is 69.6 Å². The first kappa shape index (κ1) is 31.6. The predicted molar refractivity (Wildman–Crippen MR) is 165 cm³/mol. The van der Waals surface area contributed by atoms with Crippen molar-refractivity contribution in [1.82, 2.24) is 15.8 Å². The largest absolute Gasteiger partial charge is 0.348 e. The average molecular weight is 684 g/mol. The summed E-state index contributed by atoms with van der Waals surface area (Å²) < 4.78 is 0. The lowest BCUT2D eigenvalue weighted by molar-refractivity contribution is 0.0484. The molecule has 4 rings (SSSR count). The summed E-state index contributed by atoms with van der Waals surface area (Å²) in [5.74, 6) is -3.15. The van der Waals surface area contributed by atoms with Crippen LogP contribution < -0.4 is 10.7 Å². The van der Waals surface area contributed by atoms with Gasteiger partial charge in [-0.05, 0) is 54.1 Å². The summed E-state index contributed by atoms with van der Waals surface area (Å²) in [4.78, 5) is 52.7. The van der Waals surface area contributed by atoms with Crippen LogP contribution in [0, 0.1) is 0 Å². The molecule has 0 unspecified atom stereocenters. The van der Waals surface area contributed by atoms with Gasteiger partial charge in [0.2, 0.25) is 0 Å². The van der Waals surface area contributed by atoms with Crippen molar-refractivity contribution < 1.29 is 19.2 Å². The normalized spacial score (nSPS) is 10.6. The lowest BCUT2D eigenvalue weighted by Crippen LogP contribution is -2.50. The van der Waals surface area contributed by atoms with Crippen molar-refractivity contribution in [1.29, 1.82) is 0 Å². The molecule has 0 atom stereocenters. The number of nitrogens with zero attached hydrogens (tertiary/aromatic N) is 1. The number of carbonyl (C=O) groups excluding carboxylic acids is 4. The number of hydrazine groups is 1. The highest BCUT2D eigenvalue weighted by atomic mass is 35.5. The van der Waals surface area contributed by atoms with Crippen molar-refractivity contribution in [2.45, 2.75) is 6.54 Å². The third kappa shape index (κ3) is 7.01. The van der Waals surface area contributed by atoms with Crippen LogP contribution in [-0.4, -0.2) is 28.6 Å². The number of rotatable bonds is 6.